The summed E-state index contributed by atoms with van der Waals surface area (Å²) >= 11 is 0. The minimum Gasteiger partial charge on any atom is -0.357 e. The first kappa shape index (κ1) is 17.5. The number of nitrogens with one attached hydrogen (secondary N) is 2. The lowest BCUT2D eigenvalue weighted by atomic mass is 10.4. The Bertz CT molecular complexity index is 342. The van der Waals surface area contributed by atoms with Crippen LogP contribution in [0.4, 0.5) is 0 Å². The molecule has 1 aliphatic carbocycles. The number of aliphatic imine (C=N–C) groups is 1. The van der Waals surface area contributed by atoms with Gasteiger partial charge >= 0.3 is 0 Å². The van der Waals surface area contributed by atoms with Crippen LogP contribution in [-0.2, 0) is 4.79 Å². The minimum atomic E-state index is 0. The van der Waals surface area contributed by atoms with E-state index in [-0.39, 0.29) is 29.9 Å². The number of rotatable bonds is 5. The summed E-state index contributed by atoms with van der Waals surface area (Å²) in [4.78, 5) is 18.3. The van der Waals surface area contributed by atoms with Gasteiger partial charge in [0.05, 0.1) is 6.54 Å². The first-order chi connectivity index (χ1) is 9.20. The fourth-order valence-corrected chi connectivity index (χ4v) is 2.41. The van der Waals surface area contributed by atoms with Gasteiger partial charge in [-0.05, 0) is 32.1 Å². The van der Waals surface area contributed by atoms with Crippen LogP contribution in [0.2, 0.25) is 0 Å². The standard InChI is InChI=1S/C14H26N4O.HI/c1-3-15-14(17-12-10-11(12)2)16-7-6-13(19)18-8-4-5-9-18;/h11-12H,3-10H2,1-2H3,(H2,15,16,17);1H. The van der Waals surface area contributed by atoms with Gasteiger partial charge in [-0.1, -0.05) is 6.92 Å². The Labute approximate surface area is 139 Å². The zero-order chi connectivity index (χ0) is 13.7. The normalized spacial score (nSPS) is 25.1. The van der Waals surface area contributed by atoms with Crippen LogP contribution in [-0.4, -0.2) is 49.0 Å². The summed E-state index contributed by atoms with van der Waals surface area (Å²) in [5.41, 5.74) is 0. The molecule has 2 rings (SSSR count). The van der Waals surface area contributed by atoms with Gasteiger partial charge in [0.25, 0.3) is 0 Å². The molecule has 2 fully saturated rings. The number of hydrogen-bond acceptors (Lipinski definition) is 2. The van der Waals surface area contributed by atoms with Gasteiger partial charge in [0.1, 0.15) is 0 Å². The van der Waals surface area contributed by atoms with Crippen LogP contribution in [0.3, 0.4) is 0 Å². The lowest BCUT2D eigenvalue weighted by Gasteiger charge is -2.15. The average Bonchev–Trinajstić information content (AvgIpc) is 2.88. The highest BCUT2D eigenvalue weighted by Gasteiger charge is 2.33. The SMILES string of the molecule is CCNC(=NCCC(=O)N1CCCC1)NC1CC1C.I. The Balaban J connectivity index is 0.00000200. The third-order valence-electron chi connectivity index (χ3n) is 3.83. The molecular weight excluding hydrogens is 367 g/mol. The summed E-state index contributed by atoms with van der Waals surface area (Å²) in [6, 6.07) is 0.562. The number of guanidine groups is 1. The van der Waals surface area contributed by atoms with Gasteiger partial charge in [-0.15, -0.1) is 24.0 Å². The van der Waals surface area contributed by atoms with Crippen molar-refractivity contribution in [3.05, 3.63) is 0 Å². The minimum absolute atomic E-state index is 0. The lowest BCUT2D eigenvalue weighted by molar-refractivity contribution is -0.129. The summed E-state index contributed by atoms with van der Waals surface area (Å²) < 4.78 is 0. The highest BCUT2D eigenvalue weighted by atomic mass is 127. The molecule has 5 nitrogen and oxygen atoms in total. The number of carbonyl (C=O) groups is 1. The van der Waals surface area contributed by atoms with Gasteiger partial charge in [0.2, 0.25) is 5.91 Å². The van der Waals surface area contributed by atoms with Crippen LogP contribution < -0.4 is 10.6 Å². The fraction of sp³-hybridized carbons (Fsp3) is 0.857. The molecule has 1 saturated carbocycles. The molecule has 1 amide bonds. The maximum absolute atomic E-state index is 11.9. The molecule has 0 aromatic carbocycles. The molecule has 1 aliphatic heterocycles. The van der Waals surface area contributed by atoms with Crippen LogP contribution in [0.15, 0.2) is 4.99 Å². The van der Waals surface area contributed by atoms with Crippen molar-refractivity contribution in [2.45, 2.75) is 45.6 Å². The van der Waals surface area contributed by atoms with E-state index in [4.69, 9.17) is 0 Å². The van der Waals surface area contributed by atoms with E-state index in [1.54, 1.807) is 0 Å². The topological polar surface area (TPSA) is 56.7 Å². The highest BCUT2D eigenvalue weighted by molar-refractivity contribution is 14.0. The van der Waals surface area contributed by atoms with Gasteiger partial charge < -0.3 is 15.5 Å². The highest BCUT2D eigenvalue weighted by Crippen LogP contribution is 2.28. The van der Waals surface area contributed by atoms with Gasteiger partial charge in [-0.3, -0.25) is 9.79 Å². The molecule has 2 aliphatic rings. The van der Waals surface area contributed by atoms with Crippen molar-refractivity contribution in [1.82, 2.24) is 15.5 Å². The van der Waals surface area contributed by atoms with Crippen molar-refractivity contribution in [3.8, 4) is 0 Å². The van der Waals surface area contributed by atoms with E-state index < -0.39 is 0 Å². The van der Waals surface area contributed by atoms with Crippen LogP contribution >= 0.6 is 24.0 Å². The molecule has 2 N–H and O–H groups in total. The quantitative estimate of drug-likeness (QED) is 0.423. The molecule has 0 radical (unpaired) electrons. The van der Waals surface area contributed by atoms with Crippen molar-refractivity contribution in [2.75, 3.05) is 26.2 Å². The molecule has 20 heavy (non-hydrogen) atoms. The van der Waals surface area contributed by atoms with Crippen molar-refractivity contribution in [2.24, 2.45) is 10.9 Å². The van der Waals surface area contributed by atoms with E-state index in [0.717, 1.165) is 44.4 Å². The summed E-state index contributed by atoms with van der Waals surface area (Å²) in [6.45, 7) is 7.58. The molecular formula is C14H27IN4O. The van der Waals surface area contributed by atoms with E-state index in [1.165, 1.54) is 6.42 Å². The average molecular weight is 394 g/mol. The predicted molar refractivity (Wildman–Crippen MR) is 92.5 cm³/mol. The monoisotopic (exact) mass is 394 g/mol. The van der Waals surface area contributed by atoms with Crippen LogP contribution in [0.1, 0.15) is 39.5 Å². The third-order valence-corrected chi connectivity index (χ3v) is 3.83. The Morgan fingerprint density at radius 1 is 1.35 bits per heavy atom. The molecule has 116 valence electrons. The molecule has 0 bridgehead atoms. The van der Waals surface area contributed by atoms with Crippen LogP contribution in [0, 0.1) is 5.92 Å². The smallest absolute Gasteiger partial charge is 0.224 e. The Morgan fingerprint density at radius 3 is 2.55 bits per heavy atom. The lowest BCUT2D eigenvalue weighted by Crippen LogP contribution is -2.39. The maximum atomic E-state index is 11.9. The van der Waals surface area contributed by atoms with Crippen molar-refractivity contribution in [1.29, 1.82) is 0 Å². The number of hydrogen-bond donors (Lipinski definition) is 2. The summed E-state index contributed by atoms with van der Waals surface area (Å²) in [6.07, 6.45) is 4.05. The molecule has 0 aromatic heterocycles. The number of halogens is 1. The number of nitrogens with zero attached hydrogens (tertiary/aromatic N) is 2. The second-order valence-electron chi connectivity index (χ2n) is 5.56. The van der Waals surface area contributed by atoms with Gasteiger partial charge in [0, 0.05) is 32.1 Å². The first-order valence-electron chi connectivity index (χ1n) is 7.53. The van der Waals surface area contributed by atoms with E-state index >= 15 is 0 Å². The maximum Gasteiger partial charge on any atom is 0.224 e. The summed E-state index contributed by atoms with van der Waals surface area (Å²) in [5.74, 6) is 1.85. The Hall–Kier alpha value is -0.530. The van der Waals surface area contributed by atoms with Crippen molar-refractivity contribution in [3.63, 3.8) is 0 Å². The van der Waals surface area contributed by atoms with E-state index in [2.05, 4.69) is 29.5 Å². The number of amides is 1. The van der Waals surface area contributed by atoms with Crippen molar-refractivity contribution < 1.29 is 4.79 Å². The zero-order valence-corrected chi connectivity index (χ0v) is 14.9. The molecule has 1 saturated heterocycles. The molecule has 0 spiro atoms. The third kappa shape index (κ3) is 5.46. The predicted octanol–water partition coefficient (Wildman–Crippen LogP) is 1.58. The fourth-order valence-electron chi connectivity index (χ4n) is 2.41. The Kier molecular flexibility index (Phi) is 7.61. The Morgan fingerprint density at radius 2 is 2.00 bits per heavy atom. The summed E-state index contributed by atoms with van der Waals surface area (Å²) in [7, 11) is 0. The molecule has 2 unspecified atom stereocenters. The van der Waals surface area contributed by atoms with E-state index in [1.807, 2.05) is 4.90 Å². The number of carbonyl (C=O) groups excluding carboxylic acids is 1. The molecule has 6 heteroatoms. The van der Waals surface area contributed by atoms with Crippen LogP contribution in [0.5, 0.6) is 0 Å². The van der Waals surface area contributed by atoms with Crippen LogP contribution in [0.25, 0.3) is 0 Å². The summed E-state index contributed by atoms with van der Waals surface area (Å²) in [5, 5.41) is 6.63. The second kappa shape index (κ2) is 8.69. The first-order valence-corrected chi connectivity index (χ1v) is 7.53. The largest absolute Gasteiger partial charge is 0.357 e. The number of likely N-dealkylation sites (tertiary alicyclic amines) is 1. The molecule has 2 atom stereocenters. The van der Waals surface area contributed by atoms with E-state index in [0.29, 0.717) is 19.0 Å². The van der Waals surface area contributed by atoms with Crippen molar-refractivity contribution >= 4 is 35.8 Å². The van der Waals surface area contributed by atoms with Gasteiger partial charge in [-0.2, -0.15) is 0 Å². The van der Waals surface area contributed by atoms with E-state index in [9.17, 15) is 4.79 Å². The zero-order valence-electron chi connectivity index (χ0n) is 12.5. The second-order valence-corrected chi connectivity index (χ2v) is 5.56. The van der Waals surface area contributed by atoms with Gasteiger partial charge in [0.15, 0.2) is 5.96 Å². The molecule has 0 aromatic rings. The van der Waals surface area contributed by atoms with Gasteiger partial charge in [-0.25, -0.2) is 0 Å². The molecule has 1 heterocycles.